The molecule has 0 spiro atoms. The number of aromatic hydroxyl groups is 1. The summed E-state index contributed by atoms with van der Waals surface area (Å²) in [6.07, 6.45) is 7.71. The maximum Gasteiger partial charge on any atom is 0.329 e. The zero-order chi connectivity index (χ0) is 40.3. The van der Waals surface area contributed by atoms with Crippen LogP contribution < -0.4 is 10.6 Å². The number of allylic oxidation sites excluding steroid dienone is 2. The lowest BCUT2D eigenvalue weighted by Gasteiger charge is -2.32. The number of likely N-dealkylation sites (N-methyl/N-ethyl adjacent to an activating group) is 1. The van der Waals surface area contributed by atoms with Crippen molar-refractivity contribution in [2.75, 3.05) is 14.2 Å². The van der Waals surface area contributed by atoms with Gasteiger partial charge in [-0.25, -0.2) is 4.79 Å². The number of methoxy groups -OCH3 is 1. The van der Waals surface area contributed by atoms with Crippen LogP contribution in [0.15, 0.2) is 77.9 Å². The molecule has 10 nitrogen and oxygen atoms in total. The van der Waals surface area contributed by atoms with Gasteiger partial charge in [0.2, 0.25) is 17.7 Å². The van der Waals surface area contributed by atoms with Crippen LogP contribution >= 0.6 is 23.2 Å². The Bertz CT molecular complexity index is 1700. The largest absolute Gasteiger partial charge is 0.505 e. The summed E-state index contributed by atoms with van der Waals surface area (Å²) in [4.78, 5) is 57.6. The molecular weight excluding hydrogens is 729 g/mol. The van der Waals surface area contributed by atoms with Gasteiger partial charge in [0.05, 0.1) is 16.1 Å². The Hall–Kier alpha value is -4.12. The fourth-order valence-corrected chi connectivity index (χ4v) is 7.05. The molecule has 0 unspecified atom stereocenters. The van der Waals surface area contributed by atoms with Gasteiger partial charge in [-0.2, -0.15) is 0 Å². The minimum atomic E-state index is -1.24. The summed E-state index contributed by atoms with van der Waals surface area (Å²) in [5.74, 6) is -3.57. The van der Waals surface area contributed by atoms with Crippen molar-refractivity contribution in [1.29, 1.82) is 0 Å². The zero-order valence-corrected chi connectivity index (χ0v) is 34.2. The average Bonchev–Trinajstić information content (AvgIpc) is 3.12. The van der Waals surface area contributed by atoms with Gasteiger partial charge in [-0.15, -0.1) is 0 Å². The summed E-state index contributed by atoms with van der Waals surface area (Å²) >= 11 is 12.5. The Labute approximate surface area is 329 Å². The van der Waals surface area contributed by atoms with Crippen molar-refractivity contribution in [2.24, 2.45) is 17.8 Å². The highest BCUT2D eigenvalue weighted by atomic mass is 35.5. The van der Waals surface area contributed by atoms with Crippen molar-refractivity contribution in [2.45, 2.75) is 98.1 Å². The number of esters is 1. The Morgan fingerprint density at radius 1 is 0.981 bits per heavy atom. The number of carbonyl (C=O) groups is 4. The van der Waals surface area contributed by atoms with Crippen molar-refractivity contribution >= 4 is 46.9 Å². The third-order valence-electron chi connectivity index (χ3n) is 9.66. The first-order valence-electron chi connectivity index (χ1n) is 18.4. The smallest absolute Gasteiger partial charge is 0.329 e. The minimum absolute atomic E-state index is 0.0321. The first-order chi connectivity index (χ1) is 25.5. The molecule has 6 atom stereocenters. The van der Waals surface area contributed by atoms with Gasteiger partial charge < -0.3 is 30.1 Å². The van der Waals surface area contributed by atoms with Gasteiger partial charge in [0.15, 0.2) is 5.75 Å². The molecule has 2 aromatic carbocycles. The minimum Gasteiger partial charge on any atom is -0.505 e. The molecule has 2 aromatic rings. The number of ether oxygens (including phenoxy) is 2. The van der Waals surface area contributed by atoms with E-state index < -0.39 is 47.9 Å². The van der Waals surface area contributed by atoms with Crippen LogP contribution in [0.5, 0.6) is 5.75 Å². The van der Waals surface area contributed by atoms with Crippen LogP contribution in [0.4, 0.5) is 0 Å². The van der Waals surface area contributed by atoms with Gasteiger partial charge in [0.25, 0.3) is 0 Å². The van der Waals surface area contributed by atoms with Crippen LogP contribution in [-0.2, 0) is 35.1 Å². The van der Waals surface area contributed by atoms with E-state index in [0.29, 0.717) is 24.0 Å². The monoisotopic (exact) mass is 783 g/mol. The summed E-state index contributed by atoms with van der Waals surface area (Å²) in [7, 11) is 3.18. The molecule has 0 radical (unpaired) electrons. The number of hydrogen-bond acceptors (Lipinski definition) is 7. The molecule has 1 aliphatic rings. The second-order valence-electron chi connectivity index (χ2n) is 14.5. The van der Waals surface area contributed by atoms with Crippen molar-refractivity contribution < 1.29 is 33.8 Å². The number of carbonyl (C=O) groups excluding carboxylic acids is 4. The summed E-state index contributed by atoms with van der Waals surface area (Å²) in [5, 5.41) is 15.8. The average molecular weight is 785 g/mol. The van der Waals surface area contributed by atoms with Crippen LogP contribution in [0, 0.1) is 17.8 Å². The van der Waals surface area contributed by atoms with E-state index in [1.807, 2.05) is 82.3 Å². The second kappa shape index (κ2) is 20.5. The second-order valence-corrected chi connectivity index (χ2v) is 15.3. The molecule has 1 aliphatic heterocycles. The highest BCUT2D eigenvalue weighted by Gasteiger charge is 2.36. The summed E-state index contributed by atoms with van der Waals surface area (Å²) in [6, 6.07) is 9.00. The third kappa shape index (κ3) is 11.7. The normalized spacial score (nSPS) is 26.9. The Kier molecular flexibility index (Phi) is 16.8. The van der Waals surface area contributed by atoms with Crippen molar-refractivity contribution in [3.05, 3.63) is 99.1 Å². The summed E-state index contributed by atoms with van der Waals surface area (Å²) in [6.45, 7) is 12.9. The number of rotatable bonds is 7. The van der Waals surface area contributed by atoms with E-state index >= 15 is 0 Å². The van der Waals surface area contributed by atoms with E-state index in [1.165, 1.54) is 17.0 Å². The molecule has 3 amide bonds. The molecule has 0 bridgehead atoms. The number of halogens is 2. The Balaban J connectivity index is 2.18. The number of nitrogens with one attached hydrogen (secondary N) is 2. The first kappa shape index (κ1) is 44.3. The molecule has 3 N–H and O–H groups in total. The number of nitrogens with zero attached hydrogens (tertiary/aromatic N) is 1. The lowest BCUT2D eigenvalue weighted by molar-refractivity contribution is -0.156. The lowest BCUT2D eigenvalue weighted by atomic mass is 9.95. The molecule has 0 saturated carbocycles. The highest BCUT2D eigenvalue weighted by Crippen LogP contribution is 2.33. The van der Waals surface area contributed by atoms with E-state index in [-0.39, 0.29) is 46.1 Å². The molecule has 0 fully saturated rings. The Morgan fingerprint density at radius 2 is 1.61 bits per heavy atom. The van der Waals surface area contributed by atoms with Crippen molar-refractivity contribution in [3.8, 4) is 5.75 Å². The van der Waals surface area contributed by atoms with E-state index in [0.717, 1.165) is 11.1 Å². The first-order valence-corrected chi connectivity index (χ1v) is 19.1. The number of phenols is 1. The number of cyclic esters (lactones) is 1. The van der Waals surface area contributed by atoms with Crippen LogP contribution in [0.2, 0.25) is 10.0 Å². The van der Waals surface area contributed by atoms with Crippen molar-refractivity contribution in [3.63, 3.8) is 0 Å². The van der Waals surface area contributed by atoms with Gasteiger partial charge in [0.1, 0.15) is 24.2 Å². The lowest BCUT2D eigenvalue weighted by Crippen LogP contribution is -2.58. The van der Waals surface area contributed by atoms with E-state index in [1.54, 1.807) is 34.9 Å². The fraction of sp³-hybridized carbons (Fsp3) is 0.476. The molecule has 3 rings (SSSR count). The van der Waals surface area contributed by atoms with Crippen LogP contribution in [0.25, 0.3) is 0 Å². The van der Waals surface area contributed by atoms with Crippen LogP contribution in [0.1, 0.15) is 78.5 Å². The zero-order valence-electron chi connectivity index (χ0n) is 32.7. The van der Waals surface area contributed by atoms with Crippen molar-refractivity contribution in [1.82, 2.24) is 15.5 Å². The van der Waals surface area contributed by atoms with E-state index in [9.17, 15) is 24.3 Å². The van der Waals surface area contributed by atoms with Gasteiger partial charge in [-0.3, -0.25) is 14.4 Å². The van der Waals surface area contributed by atoms with Gasteiger partial charge in [-0.1, -0.05) is 119 Å². The highest BCUT2D eigenvalue weighted by molar-refractivity contribution is 6.37. The number of amides is 3. The predicted molar refractivity (Wildman–Crippen MR) is 213 cm³/mol. The topological polar surface area (TPSA) is 134 Å². The quantitative estimate of drug-likeness (QED) is 0.247. The Morgan fingerprint density at radius 3 is 2.17 bits per heavy atom. The molecule has 0 aliphatic carbocycles. The van der Waals surface area contributed by atoms with Crippen LogP contribution in [0.3, 0.4) is 0 Å². The van der Waals surface area contributed by atoms with E-state index in [4.69, 9.17) is 32.7 Å². The van der Waals surface area contributed by atoms with Gasteiger partial charge in [-0.05, 0) is 60.4 Å². The van der Waals surface area contributed by atoms with Gasteiger partial charge in [0, 0.05) is 32.1 Å². The maximum absolute atomic E-state index is 14.2. The number of phenolic OH excluding ortho intramolecular Hbond substituents is 1. The molecule has 54 heavy (non-hydrogen) atoms. The molecule has 1 heterocycles. The molecule has 294 valence electrons. The fourth-order valence-electron chi connectivity index (χ4n) is 6.52. The van der Waals surface area contributed by atoms with E-state index in [2.05, 4.69) is 10.6 Å². The summed E-state index contributed by atoms with van der Waals surface area (Å²) < 4.78 is 12.1. The van der Waals surface area contributed by atoms with Gasteiger partial charge >= 0.3 is 5.97 Å². The number of benzene rings is 2. The van der Waals surface area contributed by atoms with Crippen LogP contribution in [-0.4, -0.2) is 72.1 Å². The third-order valence-corrected chi connectivity index (χ3v) is 10.2. The molecule has 12 heteroatoms. The maximum atomic E-state index is 14.2. The number of hydrogen-bond donors (Lipinski definition) is 3. The molecular formula is C42H55Cl2N3O7. The standard InChI is InChI=1S/C42H55Cl2N3O7/c1-10-29-18-14-15-26(6)38(30-16-12-11-13-17-30)54-42(52)35(24(2)3)46-39(49)33(23-28-21-31(43)37(48)32(44)22-28)45-40(50)36(25(4)5)47(8)41(51)27(7)19-20-34(29)53-9/h11-19,21-22,24-26,33-36,38,48H,10,20,23H2,1-9H3,(H,45,50)(H,46,49)/b15-14+,27-19+,29-18+/t26-,33-,34-,35+,36+,38+/m1/s1. The molecule has 0 aromatic heterocycles. The SMILES string of the molecule is CC/C1=C\C=C\[C@@H](C)[C@@H](c2ccccc2)OC(=O)[C@H](C(C)C)NC(=O)[C@@H](Cc2cc(Cl)c(O)c(Cl)c2)NC(=O)[C@H](C(C)C)N(C)C(=O)/C(C)=C/C[C@H]1OC. The summed E-state index contributed by atoms with van der Waals surface area (Å²) in [5.41, 5.74) is 2.67. The predicted octanol–water partition coefficient (Wildman–Crippen LogP) is 7.53. The molecule has 0 saturated heterocycles.